The number of nitrogens with zero attached hydrogens (tertiary/aromatic N) is 3. The summed E-state index contributed by atoms with van der Waals surface area (Å²) in [5.41, 5.74) is 0.943. The molecule has 1 spiro atoms. The lowest BCUT2D eigenvalue weighted by Gasteiger charge is -2.34. The number of rotatable bonds is 8. The number of amides is 2. The number of nitrogens with one attached hydrogen (secondary N) is 1. The van der Waals surface area contributed by atoms with E-state index in [4.69, 9.17) is 0 Å². The van der Waals surface area contributed by atoms with Crippen molar-refractivity contribution in [1.82, 2.24) is 9.62 Å². The van der Waals surface area contributed by atoms with Crippen molar-refractivity contribution in [2.75, 3.05) is 31.1 Å². The number of piperidine rings is 1. The molecule has 0 aromatic heterocycles. The number of hydrogen-bond acceptors (Lipinski definition) is 7. The number of aliphatic hydroxyl groups is 1. The highest BCUT2D eigenvalue weighted by molar-refractivity contribution is 7.92. The number of carbonyl (C=O) groups excluding carboxylic acids is 2. The normalized spacial score (nSPS) is 17.5. The van der Waals surface area contributed by atoms with Gasteiger partial charge < -0.3 is 20.1 Å². The average molecular weight is 595 g/mol. The maximum absolute atomic E-state index is 13.1. The predicted octanol–water partition coefficient (Wildman–Crippen LogP) is 2.95. The SMILES string of the molecule is CC(=O)N(CCO)c1ccc(/C=C/S(=O)(=O)N2CCC3(CC2)N=C(c2cccc(OC(F)(F)F)c2)NC3=O)c(C)c1. The van der Waals surface area contributed by atoms with Gasteiger partial charge >= 0.3 is 6.36 Å². The van der Waals surface area contributed by atoms with Crippen molar-refractivity contribution in [3.8, 4) is 5.75 Å². The van der Waals surface area contributed by atoms with Gasteiger partial charge in [0.05, 0.1) is 6.61 Å². The van der Waals surface area contributed by atoms with E-state index >= 15 is 0 Å². The molecule has 220 valence electrons. The Hall–Kier alpha value is -3.75. The molecule has 2 heterocycles. The highest BCUT2D eigenvalue weighted by Crippen LogP contribution is 2.33. The number of benzene rings is 2. The molecule has 14 heteroatoms. The van der Waals surface area contributed by atoms with Crippen molar-refractivity contribution in [2.24, 2.45) is 4.99 Å². The Kier molecular flexibility index (Phi) is 8.57. The van der Waals surface area contributed by atoms with Gasteiger partial charge in [0.1, 0.15) is 17.1 Å². The van der Waals surface area contributed by atoms with Gasteiger partial charge in [0.15, 0.2) is 0 Å². The van der Waals surface area contributed by atoms with Crippen molar-refractivity contribution in [1.29, 1.82) is 0 Å². The van der Waals surface area contributed by atoms with Crippen LogP contribution < -0.4 is 15.0 Å². The summed E-state index contributed by atoms with van der Waals surface area (Å²) in [6.45, 7) is 3.13. The second-order valence-electron chi connectivity index (χ2n) is 9.70. The first kappa shape index (κ1) is 30.2. The summed E-state index contributed by atoms with van der Waals surface area (Å²) in [4.78, 5) is 30.6. The van der Waals surface area contributed by atoms with E-state index in [-0.39, 0.29) is 56.4 Å². The van der Waals surface area contributed by atoms with Crippen molar-refractivity contribution in [3.63, 3.8) is 0 Å². The molecule has 0 aliphatic carbocycles. The van der Waals surface area contributed by atoms with Crippen molar-refractivity contribution < 1.29 is 41.0 Å². The minimum absolute atomic E-state index is 0.0146. The topological polar surface area (TPSA) is 129 Å². The molecule has 2 aliphatic heterocycles. The number of hydrogen-bond donors (Lipinski definition) is 2. The van der Waals surface area contributed by atoms with Crippen LogP contribution in [0.4, 0.5) is 18.9 Å². The number of carbonyl (C=O) groups is 2. The number of alkyl halides is 3. The summed E-state index contributed by atoms with van der Waals surface area (Å²) >= 11 is 0. The quantitative estimate of drug-likeness (QED) is 0.484. The number of anilines is 1. The summed E-state index contributed by atoms with van der Waals surface area (Å²) in [7, 11) is -3.85. The van der Waals surface area contributed by atoms with Crippen LogP contribution in [0.1, 0.15) is 36.5 Å². The number of sulfonamides is 1. The van der Waals surface area contributed by atoms with E-state index in [1.807, 2.05) is 0 Å². The van der Waals surface area contributed by atoms with E-state index in [0.29, 0.717) is 11.3 Å². The van der Waals surface area contributed by atoms with Crippen LogP contribution in [0.15, 0.2) is 52.9 Å². The van der Waals surface area contributed by atoms with Crippen LogP contribution in [0, 0.1) is 6.92 Å². The molecule has 1 fully saturated rings. The number of aryl methyl sites for hydroxylation is 1. The second kappa shape index (κ2) is 11.6. The summed E-state index contributed by atoms with van der Waals surface area (Å²) in [5, 5.41) is 12.9. The number of ether oxygens (including phenoxy) is 1. The maximum Gasteiger partial charge on any atom is 0.573 e. The van der Waals surface area contributed by atoms with Crippen LogP contribution in [0.2, 0.25) is 0 Å². The van der Waals surface area contributed by atoms with Gasteiger partial charge in [0, 0.05) is 43.2 Å². The number of aliphatic imine (C=N–C) groups is 1. The van der Waals surface area contributed by atoms with Gasteiger partial charge in [-0.1, -0.05) is 18.2 Å². The van der Waals surface area contributed by atoms with Gasteiger partial charge in [0.25, 0.3) is 5.91 Å². The Balaban J connectivity index is 1.45. The van der Waals surface area contributed by atoms with Gasteiger partial charge in [0.2, 0.25) is 15.9 Å². The van der Waals surface area contributed by atoms with Crippen molar-refractivity contribution >= 4 is 39.4 Å². The Morgan fingerprint density at radius 2 is 1.93 bits per heavy atom. The standard InChI is InChI=1S/C27H29F3N4O6S/c1-18-16-22(34(13-14-35)19(2)36)7-6-20(18)8-15-41(38,39)33-11-9-26(10-12-33)25(37)31-24(32-26)21-4-3-5-23(17-21)40-27(28,29)30/h3-8,15-17,35H,9-14H2,1-2H3,(H,31,32,37)/b15-8+. The first-order valence-corrected chi connectivity index (χ1v) is 14.2. The second-order valence-corrected chi connectivity index (χ2v) is 11.5. The van der Waals surface area contributed by atoms with E-state index in [9.17, 15) is 36.3 Å². The Labute approximate surface area is 235 Å². The molecule has 2 aliphatic rings. The summed E-state index contributed by atoms with van der Waals surface area (Å²) < 4.78 is 69.1. The highest BCUT2D eigenvalue weighted by Gasteiger charge is 2.47. The van der Waals surface area contributed by atoms with E-state index in [1.165, 1.54) is 34.3 Å². The smallest absolute Gasteiger partial charge is 0.406 e. The number of halogens is 3. The largest absolute Gasteiger partial charge is 0.573 e. The number of aliphatic hydroxyl groups excluding tert-OH is 1. The van der Waals surface area contributed by atoms with Crippen LogP contribution in [-0.2, 0) is 19.6 Å². The molecule has 2 aromatic carbocycles. The third-order valence-corrected chi connectivity index (χ3v) is 8.48. The van der Waals surface area contributed by atoms with E-state index < -0.39 is 33.6 Å². The van der Waals surface area contributed by atoms with Gasteiger partial charge in [-0.15, -0.1) is 13.2 Å². The lowest BCUT2D eigenvalue weighted by Crippen LogP contribution is -2.50. The maximum atomic E-state index is 13.1. The third-order valence-electron chi connectivity index (χ3n) is 6.92. The zero-order valence-electron chi connectivity index (χ0n) is 22.3. The first-order chi connectivity index (χ1) is 19.2. The van der Waals surface area contributed by atoms with Gasteiger partial charge in [-0.2, -0.15) is 4.31 Å². The molecule has 10 nitrogen and oxygen atoms in total. The zero-order valence-corrected chi connectivity index (χ0v) is 23.1. The van der Waals surface area contributed by atoms with Gasteiger partial charge in [-0.25, -0.2) is 8.42 Å². The van der Waals surface area contributed by atoms with Crippen LogP contribution in [0.25, 0.3) is 6.08 Å². The molecule has 0 bridgehead atoms. The predicted molar refractivity (Wildman–Crippen MR) is 146 cm³/mol. The van der Waals surface area contributed by atoms with Gasteiger partial charge in [-0.3, -0.25) is 14.6 Å². The van der Waals surface area contributed by atoms with E-state index in [1.54, 1.807) is 25.1 Å². The minimum atomic E-state index is -4.87. The number of amidine groups is 1. The Bertz CT molecular complexity index is 1500. The fourth-order valence-electron chi connectivity index (χ4n) is 4.77. The van der Waals surface area contributed by atoms with Crippen LogP contribution in [0.5, 0.6) is 5.75 Å². The molecule has 0 radical (unpaired) electrons. The van der Waals surface area contributed by atoms with E-state index in [0.717, 1.165) is 23.1 Å². The molecule has 2 N–H and O–H groups in total. The van der Waals surface area contributed by atoms with Gasteiger partial charge in [-0.05, 0) is 61.2 Å². The minimum Gasteiger partial charge on any atom is -0.406 e. The van der Waals surface area contributed by atoms with E-state index in [2.05, 4.69) is 15.0 Å². The summed E-state index contributed by atoms with van der Waals surface area (Å²) in [5.74, 6) is -1.03. The van der Waals surface area contributed by atoms with Crippen molar-refractivity contribution in [3.05, 3.63) is 64.6 Å². The van der Waals surface area contributed by atoms with Crippen LogP contribution >= 0.6 is 0 Å². The lowest BCUT2D eigenvalue weighted by molar-refractivity contribution is -0.274. The molecular formula is C27H29F3N4O6S. The first-order valence-electron chi connectivity index (χ1n) is 12.7. The zero-order chi connectivity index (χ0) is 30.0. The molecule has 0 unspecified atom stereocenters. The molecular weight excluding hydrogens is 565 g/mol. The third kappa shape index (κ3) is 6.94. The molecule has 0 saturated carbocycles. The van der Waals surface area contributed by atoms with Crippen LogP contribution in [0.3, 0.4) is 0 Å². The molecule has 4 rings (SSSR count). The molecule has 2 amide bonds. The molecule has 1 saturated heterocycles. The Morgan fingerprint density at radius 3 is 2.54 bits per heavy atom. The summed E-state index contributed by atoms with van der Waals surface area (Å²) in [6.07, 6.45) is -3.23. The monoisotopic (exact) mass is 594 g/mol. The highest BCUT2D eigenvalue weighted by atomic mass is 32.2. The molecule has 0 atom stereocenters. The fraction of sp³-hybridized carbons (Fsp3) is 0.370. The Morgan fingerprint density at radius 1 is 1.22 bits per heavy atom. The average Bonchev–Trinajstić information content (AvgIpc) is 3.21. The lowest BCUT2D eigenvalue weighted by atomic mass is 9.89. The molecule has 2 aromatic rings. The summed E-state index contributed by atoms with van der Waals surface area (Å²) in [6, 6.07) is 10.2. The fourth-order valence-corrected chi connectivity index (χ4v) is 5.95. The van der Waals surface area contributed by atoms with Crippen molar-refractivity contribution in [2.45, 2.75) is 38.6 Å². The van der Waals surface area contributed by atoms with Crippen LogP contribution in [-0.4, -0.2) is 73.6 Å². The molecule has 41 heavy (non-hydrogen) atoms.